The van der Waals surface area contributed by atoms with Gasteiger partial charge in [0.1, 0.15) is 6.54 Å². The largest absolute Gasteiger partial charge is 1.00 e. The Labute approximate surface area is 178 Å². The van der Waals surface area contributed by atoms with E-state index in [1.807, 2.05) is 0 Å². The van der Waals surface area contributed by atoms with Crippen LogP contribution < -0.4 is 33.4 Å². The SMILES string of the molecule is CC[n+]1c(/C=C2\C=Cc3cc(C)ccc3N2C)ccc2cccc(C)c21.[I-]. The monoisotopic (exact) mass is 468 g/mol. The molecule has 1 aromatic heterocycles. The lowest BCUT2D eigenvalue weighted by Crippen LogP contribution is -3.00. The maximum Gasteiger partial charge on any atom is 0.215 e. The van der Waals surface area contributed by atoms with Gasteiger partial charge >= 0.3 is 0 Å². The first kappa shape index (κ1) is 19.6. The summed E-state index contributed by atoms with van der Waals surface area (Å²) in [5.74, 6) is 0. The first-order chi connectivity index (χ1) is 12.6. The van der Waals surface area contributed by atoms with Crippen molar-refractivity contribution < 1.29 is 28.5 Å². The highest BCUT2D eigenvalue weighted by Crippen LogP contribution is 2.31. The fraction of sp³-hybridized carbons (Fsp3) is 0.208. The smallest absolute Gasteiger partial charge is 0.215 e. The van der Waals surface area contributed by atoms with Gasteiger partial charge in [0.15, 0.2) is 0 Å². The second-order valence-electron chi connectivity index (χ2n) is 7.04. The molecular weight excluding hydrogens is 443 g/mol. The Hall–Kier alpha value is -2.14. The van der Waals surface area contributed by atoms with Crippen molar-refractivity contribution in [2.24, 2.45) is 0 Å². The van der Waals surface area contributed by atoms with Crippen LogP contribution in [-0.2, 0) is 6.54 Å². The minimum Gasteiger partial charge on any atom is -1.00 e. The van der Waals surface area contributed by atoms with Gasteiger partial charge in [-0.05, 0) is 56.7 Å². The average Bonchev–Trinajstić information content (AvgIpc) is 2.64. The zero-order chi connectivity index (χ0) is 18.3. The van der Waals surface area contributed by atoms with Crippen molar-refractivity contribution in [3.8, 4) is 0 Å². The van der Waals surface area contributed by atoms with Crippen molar-refractivity contribution in [3.05, 3.63) is 82.7 Å². The maximum absolute atomic E-state index is 2.41. The molecule has 2 nitrogen and oxygen atoms in total. The Balaban J connectivity index is 0.00000210. The summed E-state index contributed by atoms with van der Waals surface area (Å²) in [6.45, 7) is 7.49. The van der Waals surface area contributed by atoms with Crippen LogP contribution >= 0.6 is 0 Å². The number of hydrogen-bond acceptors (Lipinski definition) is 1. The fourth-order valence-electron chi connectivity index (χ4n) is 3.88. The molecule has 0 unspecified atom stereocenters. The zero-order valence-electron chi connectivity index (χ0n) is 16.3. The number of nitrogens with zero attached hydrogens (tertiary/aromatic N) is 2. The number of aryl methyl sites for hydroxylation is 3. The lowest BCUT2D eigenvalue weighted by Gasteiger charge is -2.26. The third-order valence-corrected chi connectivity index (χ3v) is 5.26. The summed E-state index contributed by atoms with van der Waals surface area (Å²) in [6, 6.07) is 17.6. The molecule has 0 saturated heterocycles. The van der Waals surface area contributed by atoms with Gasteiger partial charge < -0.3 is 28.9 Å². The first-order valence-corrected chi connectivity index (χ1v) is 9.25. The molecule has 0 aliphatic carbocycles. The van der Waals surface area contributed by atoms with E-state index in [1.165, 1.54) is 44.7 Å². The van der Waals surface area contributed by atoms with Crippen LogP contribution in [0, 0.1) is 13.8 Å². The van der Waals surface area contributed by atoms with Crippen molar-refractivity contribution in [1.29, 1.82) is 0 Å². The molecule has 1 aliphatic heterocycles. The molecule has 0 fully saturated rings. The number of hydrogen-bond donors (Lipinski definition) is 0. The van der Waals surface area contributed by atoms with E-state index in [0.29, 0.717) is 0 Å². The molecule has 27 heavy (non-hydrogen) atoms. The lowest BCUT2D eigenvalue weighted by atomic mass is 10.0. The number of para-hydroxylation sites is 1. The second kappa shape index (κ2) is 7.85. The summed E-state index contributed by atoms with van der Waals surface area (Å²) < 4.78 is 2.41. The molecular formula is C24H25IN2. The van der Waals surface area contributed by atoms with Gasteiger partial charge in [-0.2, -0.15) is 4.57 Å². The van der Waals surface area contributed by atoms with Crippen LogP contribution in [0.2, 0.25) is 0 Å². The van der Waals surface area contributed by atoms with Gasteiger partial charge in [0, 0.05) is 41.5 Å². The first-order valence-electron chi connectivity index (χ1n) is 9.25. The van der Waals surface area contributed by atoms with E-state index >= 15 is 0 Å². The molecule has 138 valence electrons. The highest BCUT2D eigenvalue weighted by atomic mass is 127. The van der Waals surface area contributed by atoms with Gasteiger partial charge in [0.2, 0.25) is 11.2 Å². The summed E-state index contributed by atoms with van der Waals surface area (Å²) in [6.07, 6.45) is 6.72. The molecule has 0 bridgehead atoms. The van der Waals surface area contributed by atoms with E-state index in [4.69, 9.17) is 0 Å². The number of anilines is 1. The number of allylic oxidation sites excluding steroid dienone is 1. The zero-order valence-corrected chi connectivity index (χ0v) is 18.5. The average molecular weight is 468 g/mol. The van der Waals surface area contributed by atoms with Gasteiger partial charge in [0.25, 0.3) is 0 Å². The molecule has 2 aromatic carbocycles. The number of benzene rings is 2. The van der Waals surface area contributed by atoms with Crippen LogP contribution in [0.25, 0.3) is 23.1 Å². The van der Waals surface area contributed by atoms with Crippen LogP contribution in [-0.4, -0.2) is 7.05 Å². The molecule has 2 heterocycles. The number of likely N-dealkylation sites (N-methyl/N-ethyl adjacent to an activating group) is 1. The summed E-state index contributed by atoms with van der Waals surface area (Å²) >= 11 is 0. The van der Waals surface area contributed by atoms with Crippen molar-refractivity contribution in [2.45, 2.75) is 27.3 Å². The topological polar surface area (TPSA) is 7.12 Å². The molecule has 1 aliphatic rings. The van der Waals surface area contributed by atoms with E-state index < -0.39 is 0 Å². The molecule has 3 heteroatoms. The summed E-state index contributed by atoms with van der Waals surface area (Å²) in [7, 11) is 2.14. The minimum atomic E-state index is 0. The van der Waals surface area contributed by atoms with Crippen LogP contribution in [0.3, 0.4) is 0 Å². The summed E-state index contributed by atoms with van der Waals surface area (Å²) in [4.78, 5) is 2.27. The minimum absolute atomic E-state index is 0. The number of fused-ring (bicyclic) bond motifs is 2. The molecule has 0 amide bonds. The Morgan fingerprint density at radius 3 is 2.59 bits per heavy atom. The van der Waals surface area contributed by atoms with Crippen LogP contribution in [0.15, 0.2) is 60.3 Å². The van der Waals surface area contributed by atoms with E-state index in [0.717, 1.165) is 6.54 Å². The van der Waals surface area contributed by atoms with Gasteiger partial charge in [-0.3, -0.25) is 0 Å². The van der Waals surface area contributed by atoms with E-state index in [2.05, 4.69) is 104 Å². The van der Waals surface area contributed by atoms with Crippen LogP contribution in [0.4, 0.5) is 5.69 Å². The van der Waals surface area contributed by atoms with Gasteiger partial charge in [-0.25, -0.2) is 0 Å². The van der Waals surface area contributed by atoms with Crippen LogP contribution in [0.1, 0.15) is 29.3 Å². The quantitative estimate of drug-likeness (QED) is 0.414. The highest BCUT2D eigenvalue weighted by molar-refractivity contribution is 5.81. The maximum atomic E-state index is 2.41. The molecule has 0 N–H and O–H groups in total. The molecule has 0 radical (unpaired) electrons. The number of rotatable bonds is 2. The summed E-state index contributed by atoms with van der Waals surface area (Å²) in [5, 5.41) is 1.29. The Kier molecular flexibility index (Phi) is 5.70. The van der Waals surface area contributed by atoms with Crippen molar-refractivity contribution in [1.82, 2.24) is 0 Å². The Bertz CT molecular complexity index is 1060. The van der Waals surface area contributed by atoms with E-state index in [1.54, 1.807) is 0 Å². The van der Waals surface area contributed by atoms with Gasteiger partial charge in [-0.1, -0.05) is 29.8 Å². The lowest BCUT2D eigenvalue weighted by molar-refractivity contribution is -0.669. The normalized spacial score (nSPS) is 14.4. The van der Waals surface area contributed by atoms with E-state index in [9.17, 15) is 0 Å². The Morgan fingerprint density at radius 1 is 1.00 bits per heavy atom. The second-order valence-corrected chi connectivity index (χ2v) is 7.04. The number of aromatic nitrogens is 1. The predicted molar refractivity (Wildman–Crippen MR) is 111 cm³/mol. The van der Waals surface area contributed by atoms with Gasteiger partial charge in [-0.15, -0.1) is 0 Å². The fourth-order valence-corrected chi connectivity index (χ4v) is 3.88. The predicted octanol–water partition coefficient (Wildman–Crippen LogP) is 2.27. The molecule has 0 atom stereocenters. The molecule has 4 rings (SSSR count). The number of pyridine rings is 1. The van der Waals surface area contributed by atoms with Gasteiger partial charge in [0.05, 0.1) is 0 Å². The molecule has 0 saturated carbocycles. The number of halogens is 1. The third-order valence-electron chi connectivity index (χ3n) is 5.26. The van der Waals surface area contributed by atoms with Crippen molar-refractivity contribution >= 4 is 28.7 Å². The highest BCUT2D eigenvalue weighted by Gasteiger charge is 2.18. The summed E-state index contributed by atoms with van der Waals surface area (Å²) in [5.41, 5.74) is 8.91. The standard InChI is InChI=1S/C24H25N2.HI/c1-5-26-22(13-10-19-8-6-7-18(3)24(19)26)16-21-12-11-20-15-17(2)9-14-23(20)25(21)4;/h6-16H,5H2,1-4H3;1H/q+1;/p-1. The molecule has 0 spiro atoms. The molecule has 3 aromatic rings. The Morgan fingerprint density at radius 2 is 1.81 bits per heavy atom. The third kappa shape index (κ3) is 3.53. The van der Waals surface area contributed by atoms with E-state index in [-0.39, 0.29) is 24.0 Å². The van der Waals surface area contributed by atoms with Crippen molar-refractivity contribution in [3.63, 3.8) is 0 Å². The van der Waals surface area contributed by atoms with Crippen LogP contribution in [0.5, 0.6) is 0 Å². The van der Waals surface area contributed by atoms with Crippen molar-refractivity contribution in [2.75, 3.05) is 11.9 Å².